The van der Waals surface area contributed by atoms with E-state index in [1.54, 1.807) is 6.33 Å². The van der Waals surface area contributed by atoms with Crippen LogP contribution >= 0.6 is 11.6 Å². The van der Waals surface area contributed by atoms with E-state index in [1.807, 2.05) is 35.0 Å². The molecule has 1 N–H and O–H groups in total. The molecule has 4 nitrogen and oxygen atoms in total. The fraction of sp³-hybridized carbons (Fsp3) is 0.308. The standard InChI is InChI=1S/C13H14ClN3O/c14-10-1-3-11(4-2-10)17-9-16-7-12(17)13-8-15-5-6-18-13/h1-4,7,9,13,15H,5-6,8H2. The van der Waals surface area contributed by atoms with Crippen molar-refractivity contribution in [3.8, 4) is 5.69 Å². The summed E-state index contributed by atoms with van der Waals surface area (Å²) in [5.74, 6) is 0. The number of morpholine rings is 1. The molecule has 1 saturated heterocycles. The van der Waals surface area contributed by atoms with Gasteiger partial charge in [-0.05, 0) is 24.3 Å². The zero-order valence-corrected chi connectivity index (χ0v) is 10.6. The Labute approximate surface area is 111 Å². The second-order valence-electron chi connectivity index (χ2n) is 4.23. The largest absolute Gasteiger partial charge is 0.369 e. The van der Waals surface area contributed by atoms with Crippen LogP contribution in [0.4, 0.5) is 0 Å². The van der Waals surface area contributed by atoms with Gasteiger partial charge in [0.05, 0.1) is 24.8 Å². The number of nitrogens with one attached hydrogen (secondary N) is 1. The van der Waals surface area contributed by atoms with Crippen LogP contribution in [0.3, 0.4) is 0 Å². The minimum absolute atomic E-state index is 0.0527. The molecule has 0 radical (unpaired) electrons. The molecule has 1 atom stereocenters. The molecule has 1 aliphatic rings. The maximum absolute atomic E-state index is 5.90. The van der Waals surface area contributed by atoms with E-state index >= 15 is 0 Å². The third-order valence-electron chi connectivity index (χ3n) is 3.03. The number of aromatic nitrogens is 2. The first kappa shape index (κ1) is 11.7. The number of ether oxygens (including phenoxy) is 1. The number of hydrogen-bond acceptors (Lipinski definition) is 3. The molecule has 94 valence electrons. The molecule has 2 aromatic rings. The molecule has 2 heterocycles. The number of imidazole rings is 1. The summed E-state index contributed by atoms with van der Waals surface area (Å²) in [5.41, 5.74) is 2.10. The van der Waals surface area contributed by atoms with Crippen LogP contribution in [-0.2, 0) is 4.74 Å². The van der Waals surface area contributed by atoms with Crippen molar-refractivity contribution in [2.75, 3.05) is 19.7 Å². The maximum Gasteiger partial charge on any atom is 0.112 e. The van der Waals surface area contributed by atoms with E-state index in [-0.39, 0.29) is 6.10 Å². The molecule has 1 unspecified atom stereocenters. The Morgan fingerprint density at radius 2 is 2.17 bits per heavy atom. The average Bonchev–Trinajstić information content (AvgIpc) is 2.90. The van der Waals surface area contributed by atoms with Crippen LogP contribution in [-0.4, -0.2) is 29.2 Å². The van der Waals surface area contributed by atoms with E-state index in [2.05, 4.69) is 10.3 Å². The SMILES string of the molecule is Clc1ccc(-n2cncc2C2CNCCO2)cc1. The zero-order valence-electron chi connectivity index (χ0n) is 9.84. The monoisotopic (exact) mass is 263 g/mol. The lowest BCUT2D eigenvalue weighted by Crippen LogP contribution is -2.34. The molecule has 1 aromatic carbocycles. The fourth-order valence-corrected chi connectivity index (χ4v) is 2.24. The Kier molecular flexibility index (Phi) is 3.32. The molecule has 5 heteroatoms. The lowest BCUT2D eigenvalue weighted by Gasteiger charge is -2.24. The van der Waals surface area contributed by atoms with Crippen LogP contribution in [0.25, 0.3) is 5.69 Å². The molecule has 0 bridgehead atoms. The van der Waals surface area contributed by atoms with Crippen molar-refractivity contribution in [2.24, 2.45) is 0 Å². The Morgan fingerprint density at radius 1 is 1.33 bits per heavy atom. The van der Waals surface area contributed by atoms with Crippen molar-refractivity contribution >= 4 is 11.6 Å². The van der Waals surface area contributed by atoms with Gasteiger partial charge in [-0.3, -0.25) is 0 Å². The number of hydrogen-bond donors (Lipinski definition) is 1. The summed E-state index contributed by atoms with van der Waals surface area (Å²) in [4.78, 5) is 4.22. The molecule has 1 fully saturated rings. The summed E-state index contributed by atoms with van der Waals surface area (Å²) in [6.07, 6.45) is 3.71. The number of rotatable bonds is 2. The predicted octanol–water partition coefficient (Wildman–Crippen LogP) is 2.19. The molecule has 3 rings (SSSR count). The number of nitrogens with zero attached hydrogens (tertiary/aromatic N) is 2. The van der Waals surface area contributed by atoms with Crippen LogP contribution in [0.1, 0.15) is 11.8 Å². The van der Waals surface area contributed by atoms with Gasteiger partial charge in [0.25, 0.3) is 0 Å². The van der Waals surface area contributed by atoms with Crippen LogP contribution in [0.2, 0.25) is 5.02 Å². The second kappa shape index (κ2) is 5.10. The first-order valence-electron chi connectivity index (χ1n) is 5.95. The highest BCUT2D eigenvalue weighted by Gasteiger charge is 2.19. The smallest absolute Gasteiger partial charge is 0.112 e. The van der Waals surface area contributed by atoms with Crippen molar-refractivity contribution in [2.45, 2.75) is 6.10 Å². The number of benzene rings is 1. The summed E-state index contributed by atoms with van der Waals surface area (Å²) in [6.45, 7) is 2.46. The molecule has 0 spiro atoms. The molecule has 1 aromatic heterocycles. The van der Waals surface area contributed by atoms with Crippen molar-refractivity contribution in [1.29, 1.82) is 0 Å². The van der Waals surface area contributed by atoms with Gasteiger partial charge in [0.15, 0.2) is 0 Å². The van der Waals surface area contributed by atoms with Crippen molar-refractivity contribution in [3.05, 3.63) is 47.5 Å². The Balaban J connectivity index is 1.93. The van der Waals surface area contributed by atoms with E-state index in [1.165, 1.54) is 0 Å². The van der Waals surface area contributed by atoms with Gasteiger partial charge in [0.1, 0.15) is 6.10 Å². The lowest BCUT2D eigenvalue weighted by molar-refractivity contribution is 0.0240. The Bertz CT molecular complexity index is 517. The first-order chi connectivity index (χ1) is 8.84. The van der Waals surface area contributed by atoms with Gasteiger partial charge in [0.2, 0.25) is 0 Å². The third kappa shape index (κ3) is 2.27. The molecular formula is C13H14ClN3O. The van der Waals surface area contributed by atoms with Gasteiger partial charge in [-0.25, -0.2) is 4.98 Å². The van der Waals surface area contributed by atoms with Crippen LogP contribution < -0.4 is 5.32 Å². The van der Waals surface area contributed by atoms with Gasteiger partial charge in [-0.2, -0.15) is 0 Å². The summed E-state index contributed by atoms with van der Waals surface area (Å²) >= 11 is 5.90. The predicted molar refractivity (Wildman–Crippen MR) is 70.1 cm³/mol. The van der Waals surface area contributed by atoms with Gasteiger partial charge < -0.3 is 14.6 Å². The molecule has 18 heavy (non-hydrogen) atoms. The molecular weight excluding hydrogens is 250 g/mol. The molecule has 0 amide bonds. The van der Waals surface area contributed by atoms with Crippen LogP contribution in [0.5, 0.6) is 0 Å². The van der Waals surface area contributed by atoms with Gasteiger partial charge in [0, 0.05) is 23.8 Å². The van der Waals surface area contributed by atoms with E-state index in [4.69, 9.17) is 16.3 Å². The highest BCUT2D eigenvalue weighted by atomic mass is 35.5. The highest BCUT2D eigenvalue weighted by molar-refractivity contribution is 6.30. The molecule has 0 saturated carbocycles. The topological polar surface area (TPSA) is 39.1 Å². The molecule has 0 aliphatic carbocycles. The minimum Gasteiger partial charge on any atom is -0.369 e. The van der Waals surface area contributed by atoms with E-state index in [9.17, 15) is 0 Å². The van der Waals surface area contributed by atoms with E-state index < -0.39 is 0 Å². The van der Waals surface area contributed by atoms with Crippen molar-refractivity contribution in [1.82, 2.24) is 14.9 Å². The number of halogens is 1. The molecule has 1 aliphatic heterocycles. The van der Waals surface area contributed by atoms with Crippen LogP contribution in [0.15, 0.2) is 36.8 Å². The van der Waals surface area contributed by atoms with Crippen molar-refractivity contribution < 1.29 is 4.74 Å². The minimum atomic E-state index is 0.0527. The fourth-order valence-electron chi connectivity index (χ4n) is 2.12. The van der Waals surface area contributed by atoms with E-state index in [0.29, 0.717) is 0 Å². The Morgan fingerprint density at radius 3 is 2.89 bits per heavy atom. The van der Waals surface area contributed by atoms with Gasteiger partial charge >= 0.3 is 0 Å². The van der Waals surface area contributed by atoms with E-state index in [0.717, 1.165) is 36.1 Å². The Hall–Kier alpha value is -1.36. The summed E-state index contributed by atoms with van der Waals surface area (Å²) in [5, 5.41) is 4.06. The normalized spacial score (nSPS) is 19.9. The zero-order chi connectivity index (χ0) is 12.4. The lowest BCUT2D eigenvalue weighted by atomic mass is 10.2. The van der Waals surface area contributed by atoms with Crippen LogP contribution in [0, 0.1) is 0 Å². The first-order valence-corrected chi connectivity index (χ1v) is 6.33. The summed E-state index contributed by atoms with van der Waals surface area (Å²) in [7, 11) is 0. The quantitative estimate of drug-likeness (QED) is 0.903. The third-order valence-corrected chi connectivity index (χ3v) is 3.28. The second-order valence-corrected chi connectivity index (χ2v) is 4.66. The summed E-state index contributed by atoms with van der Waals surface area (Å²) in [6, 6.07) is 7.70. The highest BCUT2D eigenvalue weighted by Crippen LogP contribution is 2.22. The van der Waals surface area contributed by atoms with Crippen molar-refractivity contribution in [3.63, 3.8) is 0 Å². The maximum atomic E-state index is 5.90. The summed E-state index contributed by atoms with van der Waals surface area (Å²) < 4.78 is 7.79. The van der Waals surface area contributed by atoms with Gasteiger partial charge in [-0.1, -0.05) is 11.6 Å². The average molecular weight is 264 g/mol. The van der Waals surface area contributed by atoms with Gasteiger partial charge in [-0.15, -0.1) is 0 Å².